The fourth-order valence-electron chi connectivity index (χ4n) is 2.60. The molecule has 0 saturated heterocycles. The fourth-order valence-corrected chi connectivity index (χ4v) is 3.60. The van der Waals surface area contributed by atoms with E-state index in [1.807, 2.05) is 16.7 Å². The monoisotopic (exact) mass is 373 g/mol. The summed E-state index contributed by atoms with van der Waals surface area (Å²) in [5, 5.41) is 0.151. The number of hydrogen-bond donors (Lipinski definition) is 1. The number of rotatable bonds is 5. The van der Waals surface area contributed by atoms with E-state index in [9.17, 15) is 0 Å². The van der Waals surface area contributed by atoms with Crippen molar-refractivity contribution < 1.29 is 9.16 Å². The third kappa shape index (κ3) is 3.32. The van der Waals surface area contributed by atoms with E-state index in [0.717, 1.165) is 5.57 Å². The summed E-state index contributed by atoms with van der Waals surface area (Å²) < 4.78 is 14.4. The summed E-state index contributed by atoms with van der Waals surface area (Å²) in [6.07, 6.45) is 6.46. The van der Waals surface area contributed by atoms with Gasteiger partial charge < -0.3 is 14.9 Å². The normalized spacial score (nSPS) is 21.2. The summed E-state index contributed by atoms with van der Waals surface area (Å²) >= 11 is 0. The lowest BCUT2D eigenvalue weighted by molar-refractivity contribution is -0.00635. The fraction of sp³-hybridized carbons (Fsp3) is 0.500. The van der Waals surface area contributed by atoms with Gasteiger partial charge in [0.25, 0.3) is 0 Å². The molecule has 0 bridgehead atoms. The molecular weight excluding hydrogens is 346 g/mol. The van der Waals surface area contributed by atoms with E-state index >= 15 is 0 Å². The first-order chi connectivity index (χ1) is 12.1. The van der Waals surface area contributed by atoms with Crippen molar-refractivity contribution in [1.82, 2.24) is 19.5 Å². The Bertz CT molecular complexity index is 853. The molecule has 140 valence electrons. The van der Waals surface area contributed by atoms with Gasteiger partial charge in [-0.2, -0.15) is 0 Å². The molecule has 2 atom stereocenters. The van der Waals surface area contributed by atoms with Gasteiger partial charge in [0.2, 0.25) is 0 Å². The van der Waals surface area contributed by atoms with Crippen LogP contribution in [-0.4, -0.2) is 40.5 Å². The highest BCUT2D eigenvalue weighted by Crippen LogP contribution is 2.38. The molecule has 8 heteroatoms. The summed E-state index contributed by atoms with van der Waals surface area (Å²) in [6.45, 7) is 15.6. The van der Waals surface area contributed by atoms with Gasteiger partial charge in [-0.05, 0) is 29.8 Å². The average molecular weight is 374 g/mol. The molecular formula is C18H27N5O2Si. The Hall–Kier alpha value is -2.03. The Labute approximate surface area is 155 Å². The lowest BCUT2D eigenvalue weighted by atomic mass is 10.1. The van der Waals surface area contributed by atoms with Crippen molar-refractivity contribution in [3.05, 3.63) is 37.0 Å². The van der Waals surface area contributed by atoms with Gasteiger partial charge in [0.05, 0.1) is 12.9 Å². The van der Waals surface area contributed by atoms with E-state index in [4.69, 9.17) is 14.9 Å². The number of imidazole rings is 1. The van der Waals surface area contributed by atoms with Gasteiger partial charge in [0.1, 0.15) is 17.9 Å². The van der Waals surface area contributed by atoms with Crippen molar-refractivity contribution in [3.8, 4) is 0 Å². The number of ether oxygens (including phenoxy) is 1. The Morgan fingerprint density at radius 2 is 2.08 bits per heavy atom. The van der Waals surface area contributed by atoms with E-state index < -0.39 is 8.32 Å². The van der Waals surface area contributed by atoms with Crippen LogP contribution in [0.4, 0.5) is 5.82 Å². The van der Waals surface area contributed by atoms with Crippen molar-refractivity contribution in [2.45, 2.75) is 51.2 Å². The summed E-state index contributed by atoms with van der Waals surface area (Å²) in [5.74, 6) is 0.359. The van der Waals surface area contributed by atoms with Gasteiger partial charge in [-0.15, -0.1) is 0 Å². The molecule has 0 unspecified atom stereocenters. The third-order valence-corrected chi connectivity index (χ3v) is 9.81. The molecule has 7 nitrogen and oxygen atoms in total. The number of aromatic nitrogens is 4. The Kier molecular flexibility index (Phi) is 4.76. The maximum Gasteiger partial charge on any atom is 0.192 e. The highest BCUT2D eigenvalue weighted by Gasteiger charge is 2.39. The second-order valence-corrected chi connectivity index (χ2v) is 12.8. The summed E-state index contributed by atoms with van der Waals surface area (Å²) in [7, 11) is -1.85. The van der Waals surface area contributed by atoms with Crippen molar-refractivity contribution in [3.63, 3.8) is 0 Å². The summed E-state index contributed by atoms with van der Waals surface area (Å²) in [6, 6.07) is 0. The van der Waals surface area contributed by atoms with Gasteiger partial charge in [-0.25, -0.2) is 15.0 Å². The van der Waals surface area contributed by atoms with Crippen LogP contribution in [0.25, 0.3) is 11.2 Å². The SMILES string of the molecule is C=CC1=C[C@H](n2cnc3c(N)ncnc32)O[C@@H]1CO[Si](C)(C)C(C)(C)C. The molecule has 1 aliphatic rings. The highest BCUT2D eigenvalue weighted by molar-refractivity contribution is 6.74. The van der Waals surface area contributed by atoms with Crippen LogP contribution in [0.5, 0.6) is 0 Å². The number of fused-ring (bicyclic) bond motifs is 1. The Morgan fingerprint density at radius 1 is 1.35 bits per heavy atom. The molecule has 0 amide bonds. The molecule has 26 heavy (non-hydrogen) atoms. The van der Waals surface area contributed by atoms with E-state index in [1.165, 1.54) is 6.33 Å². The standard InChI is InChI=1S/C18H27N5O2Si/c1-7-12-8-14(23-11-22-15-16(19)20-10-21-17(15)23)25-13(12)9-24-26(5,6)18(2,3)4/h7-8,10-11,13-14H,1,9H2,2-6H3,(H2,19,20,21)/t13-,14-/m1/s1. The van der Waals surface area contributed by atoms with Gasteiger partial charge in [0.15, 0.2) is 26.0 Å². The largest absolute Gasteiger partial charge is 0.414 e. The number of nitrogens with zero attached hydrogens (tertiary/aromatic N) is 4. The predicted octanol–water partition coefficient (Wildman–Crippen LogP) is 3.44. The molecule has 2 aromatic rings. The highest BCUT2D eigenvalue weighted by atomic mass is 28.4. The van der Waals surface area contributed by atoms with E-state index in [2.05, 4.69) is 55.4 Å². The zero-order valence-electron chi connectivity index (χ0n) is 16.1. The lowest BCUT2D eigenvalue weighted by Gasteiger charge is -2.37. The second-order valence-electron chi connectivity index (χ2n) is 8.04. The first-order valence-corrected chi connectivity index (χ1v) is 11.6. The second kappa shape index (κ2) is 6.60. The lowest BCUT2D eigenvalue weighted by Crippen LogP contribution is -2.42. The number of nitrogens with two attached hydrogens (primary N) is 1. The minimum Gasteiger partial charge on any atom is -0.414 e. The quantitative estimate of drug-likeness (QED) is 0.808. The van der Waals surface area contributed by atoms with Crippen LogP contribution in [-0.2, 0) is 9.16 Å². The third-order valence-electron chi connectivity index (χ3n) is 5.31. The Morgan fingerprint density at radius 3 is 2.73 bits per heavy atom. The topological polar surface area (TPSA) is 88.1 Å². The maximum absolute atomic E-state index is 6.34. The molecule has 0 spiro atoms. The zero-order chi connectivity index (χ0) is 19.1. The van der Waals surface area contributed by atoms with E-state index in [-0.39, 0.29) is 17.4 Å². The number of anilines is 1. The molecule has 0 fully saturated rings. The van der Waals surface area contributed by atoms with Crippen LogP contribution in [0.2, 0.25) is 18.1 Å². The molecule has 0 saturated carbocycles. The van der Waals surface area contributed by atoms with E-state index in [0.29, 0.717) is 23.6 Å². The van der Waals surface area contributed by atoms with Crippen molar-refractivity contribution in [1.29, 1.82) is 0 Å². The molecule has 3 heterocycles. The molecule has 2 aromatic heterocycles. The summed E-state index contributed by atoms with van der Waals surface area (Å²) in [4.78, 5) is 12.6. The van der Waals surface area contributed by atoms with Crippen molar-refractivity contribution in [2.75, 3.05) is 12.3 Å². The van der Waals surface area contributed by atoms with Crippen molar-refractivity contribution in [2.24, 2.45) is 0 Å². The average Bonchev–Trinajstić information content (AvgIpc) is 3.16. The van der Waals surface area contributed by atoms with Gasteiger partial charge in [-0.1, -0.05) is 33.4 Å². The molecule has 1 aliphatic heterocycles. The molecule has 0 aliphatic carbocycles. The minimum atomic E-state index is -1.85. The van der Waals surface area contributed by atoms with Gasteiger partial charge >= 0.3 is 0 Å². The van der Waals surface area contributed by atoms with Crippen LogP contribution < -0.4 is 5.73 Å². The van der Waals surface area contributed by atoms with Crippen LogP contribution >= 0.6 is 0 Å². The van der Waals surface area contributed by atoms with Crippen LogP contribution in [0.1, 0.15) is 27.0 Å². The number of nitrogen functional groups attached to an aromatic ring is 1. The smallest absolute Gasteiger partial charge is 0.192 e. The maximum atomic E-state index is 6.34. The van der Waals surface area contributed by atoms with E-state index in [1.54, 1.807) is 6.33 Å². The summed E-state index contributed by atoms with van der Waals surface area (Å²) in [5.41, 5.74) is 8.10. The Balaban J connectivity index is 1.80. The number of hydrogen-bond acceptors (Lipinski definition) is 6. The predicted molar refractivity (Wildman–Crippen MR) is 105 cm³/mol. The molecule has 0 aromatic carbocycles. The van der Waals surface area contributed by atoms with Crippen LogP contribution in [0, 0.1) is 0 Å². The van der Waals surface area contributed by atoms with Crippen molar-refractivity contribution >= 4 is 25.3 Å². The molecule has 3 rings (SSSR count). The van der Waals surface area contributed by atoms with Gasteiger partial charge in [-0.3, -0.25) is 4.57 Å². The zero-order valence-corrected chi connectivity index (χ0v) is 17.1. The first-order valence-electron chi connectivity index (χ1n) is 8.70. The minimum absolute atomic E-state index is 0.151. The molecule has 2 N–H and O–H groups in total. The first kappa shape index (κ1) is 18.7. The molecule has 0 radical (unpaired) electrons. The van der Waals surface area contributed by atoms with Gasteiger partial charge in [0, 0.05) is 0 Å². The van der Waals surface area contributed by atoms with Crippen LogP contribution in [0.3, 0.4) is 0 Å². The van der Waals surface area contributed by atoms with Crippen LogP contribution in [0.15, 0.2) is 37.0 Å².